The van der Waals surface area contributed by atoms with Gasteiger partial charge in [-0.1, -0.05) is 103 Å². The summed E-state index contributed by atoms with van der Waals surface area (Å²) < 4.78 is 1.33. The largest absolute Gasteiger partial charge is 0.355 e. The van der Waals surface area contributed by atoms with E-state index in [0.717, 1.165) is 17.8 Å². The number of rotatable bonds is 5. The molecule has 1 aliphatic rings. The van der Waals surface area contributed by atoms with Crippen LogP contribution in [0.1, 0.15) is 10.4 Å². The highest BCUT2D eigenvalue weighted by Gasteiger charge is 2.25. The van der Waals surface area contributed by atoms with Crippen LogP contribution in [0.2, 0.25) is 0 Å². The zero-order valence-electron chi connectivity index (χ0n) is 24.7. The minimum Gasteiger partial charge on any atom is -0.355 e. The topological polar surface area (TPSA) is 15.3 Å². The Morgan fingerprint density at radius 3 is 1.64 bits per heavy atom. The van der Waals surface area contributed by atoms with Gasteiger partial charge >= 0.3 is 0 Å². The molecule has 0 amide bonds. The molecule has 0 aliphatic heterocycles. The van der Waals surface area contributed by atoms with Crippen LogP contribution in [-0.2, 0) is 6.42 Å². The van der Waals surface area contributed by atoms with Crippen LogP contribution in [0.15, 0.2) is 152 Å². The first kappa shape index (κ1) is 26.1. The van der Waals surface area contributed by atoms with E-state index in [4.69, 9.17) is 0 Å². The Hall–Kier alpha value is -5.38. The first-order valence-electron chi connectivity index (χ1n) is 15.5. The molecule has 1 atom stereocenters. The molecule has 1 N–H and O–H groups in total. The van der Waals surface area contributed by atoms with E-state index >= 15 is 0 Å². The molecule has 9 rings (SSSR count). The second kappa shape index (κ2) is 10.7. The molecule has 0 saturated carbocycles. The van der Waals surface area contributed by atoms with Crippen LogP contribution in [0.25, 0.3) is 48.5 Å². The van der Waals surface area contributed by atoms with Gasteiger partial charge in [0.15, 0.2) is 0 Å². The molecular formula is C42H30N2S. The summed E-state index contributed by atoms with van der Waals surface area (Å²) >= 11 is 1.92. The number of nitrogens with zero attached hydrogens (tertiary/aromatic N) is 1. The SMILES string of the molecule is C1=CC(N(c2ccccc2)c2ccccc2)Cc2sc3ccc(Nc4ccc5c6ccccc6c6ccccc6c5c4)cc3c21. The van der Waals surface area contributed by atoms with E-state index in [1.54, 1.807) is 0 Å². The lowest BCUT2D eigenvalue weighted by Gasteiger charge is -2.33. The number of para-hydroxylation sites is 2. The van der Waals surface area contributed by atoms with Crippen LogP contribution in [0.3, 0.4) is 0 Å². The molecule has 1 aliphatic carbocycles. The van der Waals surface area contributed by atoms with Crippen molar-refractivity contribution in [2.24, 2.45) is 0 Å². The van der Waals surface area contributed by atoms with Crippen molar-refractivity contribution in [2.45, 2.75) is 12.5 Å². The van der Waals surface area contributed by atoms with Crippen molar-refractivity contribution in [3.8, 4) is 0 Å². The second-order valence-corrected chi connectivity index (χ2v) is 12.9. The Kier molecular flexibility index (Phi) is 6.17. The second-order valence-electron chi connectivity index (χ2n) is 11.8. The fourth-order valence-electron chi connectivity index (χ4n) is 7.08. The van der Waals surface area contributed by atoms with E-state index in [-0.39, 0.29) is 6.04 Å². The van der Waals surface area contributed by atoms with Gasteiger partial charge in [0.05, 0.1) is 6.04 Å². The molecule has 7 aromatic carbocycles. The fraction of sp³-hybridized carbons (Fsp3) is 0.0476. The number of hydrogen-bond acceptors (Lipinski definition) is 3. The highest BCUT2D eigenvalue weighted by Crippen LogP contribution is 2.41. The van der Waals surface area contributed by atoms with Gasteiger partial charge in [-0.15, -0.1) is 11.3 Å². The molecule has 0 spiro atoms. The van der Waals surface area contributed by atoms with Crippen molar-refractivity contribution in [1.82, 2.24) is 0 Å². The number of fused-ring (bicyclic) bond motifs is 9. The molecule has 0 radical (unpaired) electrons. The summed E-state index contributed by atoms with van der Waals surface area (Å²) in [5.74, 6) is 0. The third-order valence-electron chi connectivity index (χ3n) is 9.12. The average molecular weight is 595 g/mol. The number of benzene rings is 7. The van der Waals surface area contributed by atoms with E-state index in [2.05, 4.69) is 168 Å². The van der Waals surface area contributed by atoms with Gasteiger partial charge in [0.1, 0.15) is 0 Å². The minimum atomic E-state index is 0.247. The van der Waals surface area contributed by atoms with Crippen molar-refractivity contribution in [3.63, 3.8) is 0 Å². The maximum absolute atomic E-state index is 3.74. The third-order valence-corrected chi connectivity index (χ3v) is 10.3. The maximum atomic E-state index is 3.74. The summed E-state index contributed by atoms with van der Waals surface area (Å²) in [6.07, 6.45) is 5.70. The van der Waals surface area contributed by atoms with Gasteiger partial charge in [-0.3, -0.25) is 0 Å². The molecular weight excluding hydrogens is 565 g/mol. The van der Waals surface area contributed by atoms with Crippen LogP contribution in [0.5, 0.6) is 0 Å². The molecule has 3 heteroatoms. The molecule has 2 nitrogen and oxygen atoms in total. The van der Waals surface area contributed by atoms with Crippen molar-refractivity contribution >= 4 is 82.6 Å². The number of nitrogens with one attached hydrogen (secondary N) is 1. The average Bonchev–Trinajstić information content (AvgIpc) is 3.47. The van der Waals surface area contributed by atoms with Crippen LogP contribution >= 0.6 is 11.3 Å². The Bertz CT molecular complexity index is 2310. The lowest BCUT2D eigenvalue weighted by atomic mass is 9.94. The van der Waals surface area contributed by atoms with Crippen molar-refractivity contribution in [1.29, 1.82) is 0 Å². The van der Waals surface area contributed by atoms with Gasteiger partial charge in [-0.25, -0.2) is 0 Å². The van der Waals surface area contributed by atoms with Crippen LogP contribution < -0.4 is 10.2 Å². The fourth-order valence-corrected chi connectivity index (χ4v) is 8.31. The Morgan fingerprint density at radius 2 is 1.02 bits per heavy atom. The summed E-state index contributed by atoms with van der Waals surface area (Å²) in [6.45, 7) is 0. The minimum absolute atomic E-state index is 0.247. The van der Waals surface area contributed by atoms with Gasteiger partial charge in [0.2, 0.25) is 0 Å². The van der Waals surface area contributed by atoms with Gasteiger partial charge in [0.25, 0.3) is 0 Å². The molecule has 214 valence electrons. The summed E-state index contributed by atoms with van der Waals surface area (Å²) in [6, 6.07) is 52.8. The standard InChI is InChI=1S/C42H30N2S/c1-3-11-30(12-4-1)44(31-13-5-2-6-14-31)32-21-23-38-40-26-29(20-24-41(40)45-42(38)27-32)43-28-19-22-37-35-17-8-7-15-33(35)34-16-9-10-18-36(34)39(37)25-28/h1-26,32,43H,27H2. The third kappa shape index (κ3) is 4.47. The normalized spacial score (nSPS) is 14.3. The number of thiophene rings is 1. The van der Waals surface area contributed by atoms with Gasteiger partial charge in [0, 0.05) is 44.1 Å². The molecule has 1 heterocycles. The molecule has 1 aromatic heterocycles. The van der Waals surface area contributed by atoms with Crippen LogP contribution in [0.4, 0.5) is 22.7 Å². The predicted molar refractivity (Wildman–Crippen MR) is 196 cm³/mol. The highest BCUT2D eigenvalue weighted by atomic mass is 32.1. The zero-order valence-corrected chi connectivity index (χ0v) is 25.5. The van der Waals surface area contributed by atoms with Gasteiger partial charge in [-0.05, 0) is 92.5 Å². The van der Waals surface area contributed by atoms with E-state index in [1.807, 2.05) is 11.3 Å². The van der Waals surface area contributed by atoms with Gasteiger partial charge in [-0.2, -0.15) is 0 Å². The molecule has 1 unspecified atom stereocenters. The maximum Gasteiger partial charge on any atom is 0.0574 e. The molecule has 0 bridgehead atoms. The summed E-state index contributed by atoms with van der Waals surface area (Å²) in [4.78, 5) is 3.90. The Morgan fingerprint density at radius 1 is 0.511 bits per heavy atom. The lowest BCUT2D eigenvalue weighted by molar-refractivity contribution is 0.777. The highest BCUT2D eigenvalue weighted by molar-refractivity contribution is 7.19. The predicted octanol–water partition coefficient (Wildman–Crippen LogP) is 11.9. The van der Waals surface area contributed by atoms with E-state index < -0.39 is 0 Å². The number of hydrogen-bond donors (Lipinski definition) is 1. The van der Waals surface area contributed by atoms with E-state index in [1.165, 1.54) is 64.2 Å². The van der Waals surface area contributed by atoms with Crippen LogP contribution in [-0.4, -0.2) is 6.04 Å². The lowest BCUT2D eigenvalue weighted by Crippen LogP contribution is -2.32. The first-order valence-corrected chi connectivity index (χ1v) is 16.3. The van der Waals surface area contributed by atoms with Crippen molar-refractivity contribution in [3.05, 3.63) is 162 Å². The van der Waals surface area contributed by atoms with Crippen LogP contribution in [0, 0.1) is 0 Å². The molecule has 0 saturated heterocycles. The van der Waals surface area contributed by atoms with Crippen molar-refractivity contribution < 1.29 is 0 Å². The molecule has 45 heavy (non-hydrogen) atoms. The first-order chi connectivity index (χ1) is 22.3. The zero-order chi connectivity index (χ0) is 29.7. The summed E-state index contributed by atoms with van der Waals surface area (Å²) in [5.41, 5.74) is 5.99. The van der Waals surface area contributed by atoms with Gasteiger partial charge < -0.3 is 10.2 Å². The Balaban J connectivity index is 1.07. The molecule has 0 fully saturated rings. The van der Waals surface area contributed by atoms with Crippen molar-refractivity contribution in [2.75, 3.05) is 10.2 Å². The Labute approximate surface area is 266 Å². The summed E-state index contributed by atoms with van der Waals surface area (Å²) in [5, 5.41) is 12.8. The van der Waals surface area contributed by atoms with E-state index in [0.29, 0.717) is 0 Å². The number of anilines is 4. The quantitative estimate of drug-likeness (QED) is 0.199. The smallest absolute Gasteiger partial charge is 0.0574 e. The molecule has 8 aromatic rings. The monoisotopic (exact) mass is 594 g/mol. The van der Waals surface area contributed by atoms with E-state index in [9.17, 15) is 0 Å². The summed E-state index contributed by atoms with van der Waals surface area (Å²) in [7, 11) is 0.